The van der Waals surface area contributed by atoms with Crippen molar-refractivity contribution < 1.29 is 13.9 Å². The van der Waals surface area contributed by atoms with Gasteiger partial charge in [-0.3, -0.25) is 9.55 Å². The molecular formula is C20H14FN3O2. The summed E-state index contributed by atoms with van der Waals surface area (Å²) in [5, 5.41) is 0. The molecule has 26 heavy (non-hydrogen) atoms. The number of carbonyl (C=O) groups excluding carboxylic acids is 1. The fourth-order valence-electron chi connectivity index (χ4n) is 2.86. The zero-order chi connectivity index (χ0) is 18.1. The van der Waals surface area contributed by atoms with Gasteiger partial charge in [0, 0.05) is 29.7 Å². The number of methoxy groups -OCH3 is 1. The van der Waals surface area contributed by atoms with Crippen molar-refractivity contribution >= 4 is 17.0 Å². The third kappa shape index (κ3) is 2.71. The largest absolute Gasteiger partial charge is 0.465 e. The summed E-state index contributed by atoms with van der Waals surface area (Å²) >= 11 is 0. The molecule has 128 valence electrons. The Morgan fingerprint density at radius 1 is 1.08 bits per heavy atom. The summed E-state index contributed by atoms with van der Waals surface area (Å²) in [5.74, 6) is -0.732. The van der Waals surface area contributed by atoms with Crippen LogP contribution in [0, 0.1) is 5.82 Å². The molecule has 0 saturated heterocycles. The van der Waals surface area contributed by atoms with Crippen molar-refractivity contribution in [3.63, 3.8) is 0 Å². The average molecular weight is 347 g/mol. The standard InChI is InChI=1S/C20H14FN3O2/c1-26-20(25)14-2-4-15(5-3-14)24-12-23-18-11-17(21)16(10-19(18)24)13-6-8-22-9-7-13/h2-12H,1H3. The van der Waals surface area contributed by atoms with Crippen molar-refractivity contribution in [2.24, 2.45) is 0 Å². The second kappa shape index (κ2) is 6.40. The van der Waals surface area contributed by atoms with Crippen LogP contribution in [0.4, 0.5) is 4.39 Å². The Hall–Kier alpha value is -3.54. The lowest BCUT2D eigenvalue weighted by Crippen LogP contribution is -2.01. The number of halogens is 1. The van der Waals surface area contributed by atoms with Crippen LogP contribution in [-0.2, 0) is 4.74 Å². The van der Waals surface area contributed by atoms with Crippen LogP contribution in [0.15, 0.2) is 67.3 Å². The van der Waals surface area contributed by atoms with E-state index < -0.39 is 5.97 Å². The number of aromatic nitrogens is 3. The van der Waals surface area contributed by atoms with E-state index in [2.05, 4.69) is 9.97 Å². The van der Waals surface area contributed by atoms with Crippen LogP contribution < -0.4 is 0 Å². The predicted molar refractivity (Wildman–Crippen MR) is 95.6 cm³/mol. The van der Waals surface area contributed by atoms with Gasteiger partial charge < -0.3 is 4.74 Å². The van der Waals surface area contributed by atoms with E-state index in [1.54, 1.807) is 61.2 Å². The Kier molecular flexibility index (Phi) is 3.93. The lowest BCUT2D eigenvalue weighted by molar-refractivity contribution is 0.0601. The molecule has 0 saturated carbocycles. The van der Waals surface area contributed by atoms with Gasteiger partial charge in [-0.1, -0.05) is 0 Å². The number of fused-ring (bicyclic) bond motifs is 1. The SMILES string of the molecule is COC(=O)c1ccc(-n2cnc3cc(F)c(-c4ccncc4)cc32)cc1. The van der Waals surface area contributed by atoms with Crippen LogP contribution in [0.5, 0.6) is 0 Å². The van der Waals surface area contributed by atoms with Gasteiger partial charge in [0.05, 0.1) is 23.7 Å². The number of imidazole rings is 1. The van der Waals surface area contributed by atoms with E-state index in [4.69, 9.17) is 4.74 Å². The smallest absolute Gasteiger partial charge is 0.337 e. The number of pyridine rings is 1. The van der Waals surface area contributed by atoms with Crippen LogP contribution >= 0.6 is 0 Å². The molecule has 0 spiro atoms. The molecule has 2 aromatic carbocycles. The normalized spacial score (nSPS) is 10.8. The molecule has 0 aliphatic carbocycles. The van der Waals surface area contributed by atoms with Gasteiger partial charge in [-0.2, -0.15) is 0 Å². The molecule has 6 heteroatoms. The fourth-order valence-corrected chi connectivity index (χ4v) is 2.86. The molecule has 0 aliphatic heterocycles. The zero-order valence-corrected chi connectivity index (χ0v) is 13.9. The van der Waals surface area contributed by atoms with E-state index in [1.165, 1.54) is 13.2 Å². The molecule has 4 aromatic rings. The highest BCUT2D eigenvalue weighted by molar-refractivity contribution is 5.89. The summed E-state index contributed by atoms with van der Waals surface area (Å²) in [6, 6.07) is 13.7. The van der Waals surface area contributed by atoms with Crippen molar-refractivity contribution in [3.8, 4) is 16.8 Å². The average Bonchev–Trinajstić information content (AvgIpc) is 3.10. The second-order valence-corrected chi connectivity index (χ2v) is 5.71. The van der Waals surface area contributed by atoms with E-state index in [0.717, 1.165) is 16.8 Å². The molecule has 2 heterocycles. The van der Waals surface area contributed by atoms with Crippen LogP contribution in [0.3, 0.4) is 0 Å². The maximum atomic E-state index is 14.5. The summed E-state index contributed by atoms with van der Waals surface area (Å²) in [4.78, 5) is 19.8. The van der Waals surface area contributed by atoms with Crippen molar-refractivity contribution in [1.82, 2.24) is 14.5 Å². The molecule has 0 radical (unpaired) electrons. The van der Waals surface area contributed by atoms with Crippen molar-refractivity contribution in [3.05, 3.63) is 78.6 Å². The maximum absolute atomic E-state index is 14.5. The van der Waals surface area contributed by atoms with E-state index in [-0.39, 0.29) is 5.82 Å². The maximum Gasteiger partial charge on any atom is 0.337 e. The van der Waals surface area contributed by atoms with E-state index in [0.29, 0.717) is 16.6 Å². The molecule has 0 aliphatic rings. The van der Waals surface area contributed by atoms with Crippen molar-refractivity contribution in [2.45, 2.75) is 0 Å². The van der Waals surface area contributed by atoms with Gasteiger partial charge in [0.25, 0.3) is 0 Å². The highest BCUT2D eigenvalue weighted by Crippen LogP contribution is 2.28. The van der Waals surface area contributed by atoms with Gasteiger partial charge in [0.1, 0.15) is 12.1 Å². The molecular weight excluding hydrogens is 333 g/mol. The molecule has 0 bridgehead atoms. The summed E-state index contributed by atoms with van der Waals surface area (Å²) in [7, 11) is 1.34. The quantitative estimate of drug-likeness (QED) is 0.525. The minimum Gasteiger partial charge on any atom is -0.465 e. The number of benzene rings is 2. The zero-order valence-electron chi connectivity index (χ0n) is 13.9. The fraction of sp³-hybridized carbons (Fsp3) is 0.0500. The summed E-state index contributed by atoms with van der Waals surface area (Å²) in [5.41, 5.74) is 3.82. The number of esters is 1. The lowest BCUT2D eigenvalue weighted by Gasteiger charge is -2.08. The molecule has 4 rings (SSSR count). The van der Waals surface area contributed by atoms with E-state index in [9.17, 15) is 9.18 Å². The van der Waals surface area contributed by atoms with Gasteiger partial charge in [-0.15, -0.1) is 0 Å². The molecule has 0 unspecified atom stereocenters. The lowest BCUT2D eigenvalue weighted by atomic mass is 10.1. The Morgan fingerprint density at radius 2 is 1.81 bits per heavy atom. The van der Waals surface area contributed by atoms with Crippen LogP contribution in [0.25, 0.3) is 27.8 Å². The molecule has 0 fully saturated rings. The first kappa shape index (κ1) is 16.0. The van der Waals surface area contributed by atoms with E-state index in [1.807, 2.05) is 4.57 Å². The van der Waals surface area contributed by atoms with Gasteiger partial charge in [-0.05, 0) is 48.0 Å². The first-order valence-corrected chi connectivity index (χ1v) is 7.93. The Morgan fingerprint density at radius 3 is 2.50 bits per heavy atom. The van der Waals surface area contributed by atoms with Gasteiger partial charge in [0.2, 0.25) is 0 Å². The molecule has 0 atom stereocenters. The minimum absolute atomic E-state index is 0.338. The number of nitrogens with zero attached hydrogens (tertiary/aromatic N) is 3. The number of hydrogen-bond donors (Lipinski definition) is 0. The monoisotopic (exact) mass is 347 g/mol. The molecule has 0 N–H and O–H groups in total. The Balaban J connectivity index is 1.83. The highest BCUT2D eigenvalue weighted by Gasteiger charge is 2.12. The number of carbonyl (C=O) groups is 1. The van der Waals surface area contributed by atoms with Crippen molar-refractivity contribution in [1.29, 1.82) is 0 Å². The molecule has 5 nitrogen and oxygen atoms in total. The second-order valence-electron chi connectivity index (χ2n) is 5.71. The first-order chi connectivity index (χ1) is 12.7. The topological polar surface area (TPSA) is 57.0 Å². The summed E-state index contributed by atoms with van der Waals surface area (Å²) in [6.07, 6.45) is 4.89. The Bertz CT molecular complexity index is 1090. The summed E-state index contributed by atoms with van der Waals surface area (Å²) < 4.78 is 21.0. The molecule has 0 amide bonds. The van der Waals surface area contributed by atoms with Gasteiger partial charge in [-0.25, -0.2) is 14.2 Å². The first-order valence-electron chi connectivity index (χ1n) is 7.93. The van der Waals surface area contributed by atoms with E-state index >= 15 is 0 Å². The third-order valence-corrected chi connectivity index (χ3v) is 4.19. The van der Waals surface area contributed by atoms with Gasteiger partial charge in [0.15, 0.2) is 0 Å². The summed E-state index contributed by atoms with van der Waals surface area (Å²) in [6.45, 7) is 0. The third-order valence-electron chi connectivity index (χ3n) is 4.19. The Labute approximate surface area is 148 Å². The number of ether oxygens (including phenoxy) is 1. The van der Waals surface area contributed by atoms with Gasteiger partial charge >= 0.3 is 5.97 Å². The minimum atomic E-state index is -0.394. The molecule has 2 aromatic heterocycles. The number of hydrogen-bond acceptors (Lipinski definition) is 4. The predicted octanol–water partition coefficient (Wildman–Crippen LogP) is 4.01. The highest BCUT2D eigenvalue weighted by atomic mass is 19.1. The van der Waals surface area contributed by atoms with Crippen LogP contribution in [0.2, 0.25) is 0 Å². The van der Waals surface area contributed by atoms with Crippen LogP contribution in [-0.4, -0.2) is 27.6 Å². The van der Waals surface area contributed by atoms with Crippen molar-refractivity contribution in [2.75, 3.05) is 7.11 Å². The number of rotatable bonds is 3. The van der Waals surface area contributed by atoms with Crippen LogP contribution in [0.1, 0.15) is 10.4 Å².